The summed E-state index contributed by atoms with van der Waals surface area (Å²) in [4.78, 5) is 14.1. The lowest BCUT2D eigenvalue weighted by molar-refractivity contribution is -0.122. The first-order valence-corrected chi connectivity index (χ1v) is 8.32. The van der Waals surface area contributed by atoms with Crippen molar-refractivity contribution in [3.8, 4) is 0 Å². The molecule has 4 nitrogen and oxygen atoms in total. The van der Waals surface area contributed by atoms with Crippen LogP contribution in [0.2, 0.25) is 0 Å². The number of nitrogens with zero attached hydrogens (tertiary/aromatic N) is 1. The summed E-state index contributed by atoms with van der Waals surface area (Å²) in [6.45, 7) is 2.69. The van der Waals surface area contributed by atoms with Gasteiger partial charge in [0.2, 0.25) is 5.91 Å². The third-order valence-corrected chi connectivity index (χ3v) is 4.82. The highest BCUT2D eigenvalue weighted by Gasteiger charge is 2.24. The number of hydrogen-bond donors (Lipinski definition) is 2. The minimum absolute atomic E-state index is 0.0437. The summed E-state index contributed by atoms with van der Waals surface area (Å²) >= 11 is 0. The predicted octanol–water partition coefficient (Wildman–Crippen LogP) is 2.23. The molecule has 2 N–H and O–H groups in total. The molecule has 1 saturated carbocycles. The Hall–Kier alpha value is -1.46. The molecule has 0 atom stereocenters. The van der Waals surface area contributed by atoms with Crippen LogP contribution in [0.4, 0.5) is 4.39 Å². The number of nitrogens with one attached hydrogen (secondary N) is 1. The van der Waals surface area contributed by atoms with Crippen LogP contribution in [0.15, 0.2) is 18.2 Å². The number of aliphatic hydroxyl groups excluding tert-OH is 1. The number of aliphatic hydroxyl groups is 1. The molecule has 128 valence electrons. The van der Waals surface area contributed by atoms with E-state index in [0.29, 0.717) is 30.6 Å². The van der Waals surface area contributed by atoms with E-state index in [1.807, 2.05) is 13.1 Å². The minimum Gasteiger partial charge on any atom is -0.396 e. The number of halogens is 1. The maximum atomic E-state index is 13.5. The van der Waals surface area contributed by atoms with Crippen LogP contribution in [0, 0.1) is 18.7 Å². The van der Waals surface area contributed by atoms with Crippen LogP contribution in [0.5, 0.6) is 0 Å². The van der Waals surface area contributed by atoms with Gasteiger partial charge >= 0.3 is 0 Å². The quantitative estimate of drug-likeness (QED) is 0.844. The Morgan fingerprint density at radius 3 is 2.65 bits per heavy atom. The van der Waals surface area contributed by atoms with Crippen molar-refractivity contribution in [2.24, 2.45) is 5.92 Å². The first-order valence-electron chi connectivity index (χ1n) is 8.32. The first kappa shape index (κ1) is 17.9. The van der Waals surface area contributed by atoms with Gasteiger partial charge in [0.1, 0.15) is 5.82 Å². The number of carbonyl (C=O) groups excluding carboxylic acids is 1. The summed E-state index contributed by atoms with van der Waals surface area (Å²) in [5, 5.41) is 12.0. The number of likely N-dealkylation sites (N-methyl/N-ethyl adjacent to an activating group) is 1. The molecular formula is C18H27FN2O2. The smallest absolute Gasteiger partial charge is 0.234 e. The van der Waals surface area contributed by atoms with Crippen molar-refractivity contribution in [2.75, 3.05) is 20.2 Å². The fraction of sp³-hybridized carbons (Fsp3) is 0.611. The van der Waals surface area contributed by atoms with E-state index in [-0.39, 0.29) is 18.3 Å². The van der Waals surface area contributed by atoms with Crippen LogP contribution < -0.4 is 5.32 Å². The maximum Gasteiger partial charge on any atom is 0.234 e. The maximum absolute atomic E-state index is 13.5. The molecule has 1 aliphatic rings. The zero-order chi connectivity index (χ0) is 16.8. The van der Waals surface area contributed by atoms with Gasteiger partial charge in [-0.1, -0.05) is 12.1 Å². The summed E-state index contributed by atoms with van der Waals surface area (Å²) in [5.41, 5.74) is 1.38. The molecule has 1 aromatic rings. The number of amides is 1. The fourth-order valence-corrected chi connectivity index (χ4v) is 3.13. The highest BCUT2D eigenvalue weighted by Crippen LogP contribution is 2.26. The van der Waals surface area contributed by atoms with Crippen LogP contribution in [-0.4, -0.2) is 42.2 Å². The van der Waals surface area contributed by atoms with Gasteiger partial charge in [0.05, 0.1) is 6.54 Å². The Kier molecular flexibility index (Phi) is 6.54. The van der Waals surface area contributed by atoms with Crippen molar-refractivity contribution in [3.63, 3.8) is 0 Å². The van der Waals surface area contributed by atoms with Gasteiger partial charge in [-0.2, -0.15) is 0 Å². The van der Waals surface area contributed by atoms with Gasteiger partial charge in [-0.25, -0.2) is 4.39 Å². The van der Waals surface area contributed by atoms with Crippen LogP contribution >= 0.6 is 0 Å². The lowest BCUT2D eigenvalue weighted by atomic mass is 9.86. The van der Waals surface area contributed by atoms with Crippen molar-refractivity contribution >= 4 is 5.91 Å². The van der Waals surface area contributed by atoms with Crippen LogP contribution in [0.1, 0.15) is 36.8 Å². The van der Waals surface area contributed by atoms with Gasteiger partial charge in [-0.3, -0.25) is 9.69 Å². The van der Waals surface area contributed by atoms with E-state index >= 15 is 0 Å². The van der Waals surface area contributed by atoms with E-state index in [1.165, 1.54) is 6.07 Å². The SMILES string of the molecule is Cc1ccc(CNC(=O)CN(C)C2CCC(CO)CC2)cc1F. The Morgan fingerprint density at radius 2 is 2.04 bits per heavy atom. The lowest BCUT2D eigenvalue weighted by Crippen LogP contribution is -2.42. The Labute approximate surface area is 137 Å². The van der Waals surface area contributed by atoms with Gasteiger partial charge in [-0.15, -0.1) is 0 Å². The second kappa shape index (κ2) is 8.41. The average molecular weight is 322 g/mol. The largest absolute Gasteiger partial charge is 0.396 e. The molecule has 1 aliphatic carbocycles. The fourth-order valence-electron chi connectivity index (χ4n) is 3.13. The number of aryl methyl sites for hydroxylation is 1. The number of benzene rings is 1. The van der Waals surface area contributed by atoms with Gasteiger partial charge in [0.15, 0.2) is 0 Å². The summed E-state index contributed by atoms with van der Waals surface area (Å²) in [6, 6.07) is 5.43. The van der Waals surface area contributed by atoms with E-state index in [1.54, 1.807) is 13.0 Å². The van der Waals surface area contributed by atoms with Gasteiger partial charge in [-0.05, 0) is 62.8 Å². The van der Waals surface area contributed by atoms with Crippen LogP contribution in [0.25, 0.3) is 0 Å². The molecule has 0 radical (unpaired) electrons. The Balaban J connectivity index is 1.74. The van der Waals surface area contributed by atoms with Crippen molar-refractivity contribution in [1.82, 2.24) is 10.2 Å². The van der Waals surface area contributed by atoms with Crippen molar-refractivity contribution in [3.05, 3.63) is 35.1 Å². The second-order valence-electron chi connectivity index (χ2n) is 6.63. The summed E-state index contributed by atoms with van der Waals surface area (Å²) in [7, 11) is 1.97. The topological polar surface area (TPSA) is 52.6 Å². The zero-order valence-corrected chi connectivity index (χ0v) is 14.0. The predicted molar refractivity (Wildman–Crippen MR) is 88.4 cm³/mol. The average Bonchev–Trinajstić information content (AvgIpc) is 2.56. The van der Waals surface area contributed by atoms with Crippen molar-refractivity contribution < 1.29 is 14.3 Å². The molecule has 1 fully saturated rings. The highest BCUT2D eigenvalue weighted by molar-refractivity contribution is 5.78. The van der Waals surface area contributed by atoms with E-state index in [2.05, 4.69) is 10.2 Å². The molecule has 0 saturated heterocycles. The van der Waals surface area contributed by atoms with E-state index in [4.69, 9.17) is 0 Å². The highest BCUT2D eigenvalue weighted by atomic mass is 19.1. The third kappa shape index (κ3) is 5.29. The molecule has 0 aliphatic heterocycles. The van der Waals surface area contributed by atoms with E-state index in [9.17, 15) is 14.3 Å². The standard InChI is InChI=1S/C18H27FN2O2/c1-13-3-4-15(9-17(13)19)10-20-18(23)11-21(2)16-7-5-14(12-22)6-8-16/h3-4,9,14,16,22H,5-8,10-12H2,1-2H3,(H,20,23). The summed E-state index contributed by atoms with van der Waals surface area (Å²) < 4.78 is 13.5. The molecule has 2 rings (SSSR count). The normalized spacial score (nSPS) is 21.4. The molecule has 0 unspecified atom stereocenters. The molecule has 1 aromatic carbocycles. The number of rotatable bonds is 6. The van der Waals surface area contributed by atoms with Crippen molar-refractivity contribution in [1.29, 1.82) is 0 Å². The Bertz CT molecular complexity index is 528. The van der Waals surface area contributed by atoms with E-state index < -0.39 is 0 Å². The molecule has 0 bridgehead atoms. The van der Waals surface area contributed by atoms with Gasteiger partial charge in [0, 0.05) is 19.2 Å². The first-order chi connectivity index (χ1) is 11.0. The second-order valence-corrected chi connectivity index (χ2v) is 6.63. The van der Waals surface area contributed by atoms with E-state index in [0.717, 1.165) is 31.2 Å². The summed E-state index contributed by atoms with van der Waals surface area (Å²) in [6.07, 6.45) is 4.10. The summed E-state index contributed by atoms with van der Waals surface area (Å²) in [5.74, 6) is 0.136. The Morgan fingerprint density at radius 1 is 1.35 bits per heavy atom. The molecule has 0 spiro atoms. The van der Waals surface area contributed by atoms with Crippen molar-refractivity contribution in [2.45, 2.75) is 45.2 Å². The lowest BCUT2D eigenvalue weighted by Gasteiger charge is -2.33. The van der Waals surface area contributed by atoms with Crippen LogP contribution in [0.3, 0.4) is 0 Å². The van der Waals surface area contributed by atoms with Gasteiger partial charge < -0.3 is 10.4 Å². The number of hydrogen-bond acceptors (Lipinski definition) is 3. The third-order valence-electron chi connectivity index (χ3n) is 4.82. The number of carbonyl (C=O) groups is 1. The van der Waals surface area contributed by atoms with Crippen LogP contribution in [-0.2, 0) is 11.3 Å². The molecule has 0 aromatic heterocycles. The minimum atomic E-state index is -0.241. The zero-order valence-electron chi connectivity index (χ0n) is 14.0. The molecule has 5 heteroatoms. The molecular weight excluding hydrogens is 295 g/mol. The monoisotopic (exact) mass is 322 g/mol. The molecule has 23 heavy (non-hydrogen) atoms. The van der Waals surface area contributed by atoms with Gasteiger partial charge in [0.25, 0.3) is 0 Å². The molecule has 0 heterocycles. The molecule has 1 amide bonds.